The largest absolute Gasteiger partial charge is 0.475 e. The van der Waals surface area contributed by atoms with Gasteiger partial charge in [0.1, 0.15) is 0 Å². The minimum Gasteiger partial charge on any atom is -0.475 e. The lowest BCUT2D eigenvalue weighted by atomic mass is 10.0. The van der Waals surface area contributed by atoms with Gasteiger partial charge in [-0.15, -0.1) is 0 Å². The van der Waals surface area contributed by atoms with Crippen molar-refractivity contribution in [3.05, 3.63) is 11.7 Å². The van der Waals surface area contributed by atoms with Crippen LogP contribution in [-0.2, 0) is 11.2 Å². The van der Waals surface area contributed by atoms with Crippen molar-refractivity contribution in [1.82, 2.24) is 10.1 Å². The number of rotatable bonds is 4. The zero-order chi connectivity index (χ0) is 11.4. The summed E-state index contributed by atoms with van der Waals surface area (Å²) >= 11 is 0. The van der Waals surface area contributed by atoms with Gasteiger partial charge >= 0.3 is 5.97 Å². The minimum atomic E-state index is -1.16. The van der Waals surface area contributed by atoms with E-state index in [1.807, 2.05) is 0 Å². The molecule has 1 fully saturated rings. The van der Waals surface area contributed by atoms with E-state index >= 15 is 0 Å². The smallest absolute Gasteiger partial charge is 0.377 e. The van der Waals surface area contributed by atoms with E-state index in [1.54, 1.807) is 0 Å². The molecule has 6 nitrogen and oxygen atoms in total. The Kier molecular flexibility index (Phi) is 3.51. The monoisotopic (exact) mass is 226 g/mol. The maximum atomic E-state index is 10.5. The summed E-state index contributed by atoms with van der Waals surface area (Å²) in [5.41, 5.74) is 0. The van der Waals surface area contributed by atoms with Crippen molar-refractivity contribution in [2.24, 2.45) is 0 Å². The predicted molar refractivity (Wildman–Crippen MR) is 53.2 cm³/mol. The zero-order valence-electron chi connectivity index (χ0n) is 8.89. The Labute approximate surface area is 92.6 Å². The molecule has 16 heavy (non-hydrogen) atoms. The standard InChI is InChI=1S/C10H14N2O4/c13-10(14)9-11-8(16-12-9)5-4-7-3-1-2-6-15-7/h7H,1-6H2,(H,13,14). The molecule has 2 rings (SSSR count). The van der Waals surface area contributed by atoms with Crippen LogP contribution < -0.4 is 0 Å². The number of aromatic carboxylic acids is 1. The molecule has 1 N–H and O–H groups in total. The first kappa shape index (κ1) is 11.1. The second-order valence-electron chi connectivity index (χ2n) is 3.84. The van der Waals surface area contributed by atoms with E-state index < -0.39 is 5.97 Å². The van der Waals surface area contributed by atoms with Crippen LogP contribution in [0.3, 0.4) is 0 Å². The first-order valence-corrected chi connectivity index (χ1v) is 5.43. The Balaban J connectivity index is 1.81. The molecule has 1 aliphatic rings. The number of hydrogen-bond donors (Lipinski definition) is 1. The summed E-state index contributed by atoms with van der Waals surface area (Å²) in [5, 5.41) is 12.0. The average Bonchev–Trinajstić information content (AvgIpc) is 2.76. The van der Waals surface area contributed by atoms with E-state index in [9.17, 15) is 4.79 Å². The summed E-state index contributed by atoms with van der Waals surface area (Å²) < 4.78 is 10.4. The molecule has 0 bridgehead atoms. The summed E-state index contributed by atoms with van der Waals surface area (Å²) in [6.45, 7) is 0.814. The summed E-state index contributed by atoms with van der Waals surface area (Å²) in [6.07, 6.45) is 5.00. The van der Waals surface area contributed by atoms with Crippen molar-refractivity contribution >= 4 is 5.97 Å². The summed E-state index contributed by atoms with van der Waals surface area (Å²) in [7, 11) is 0. The number of carbonyl (C=O) groups is 1. The highest BCUT2D eigenvalue weighted by atomic mass is 16.5. The van der Waals surface area contributed by atoms with Crippen LogP contribution in [0.1, 0.15) is 42.2 Å². The third kappa shape index (κ3) is 2.79. The maximum absolute atomic E-state index is 10.5. The molecule has 1 aromatic rings. The summed E-state index contributed by atoms with van der Waals surface area (Å²) in [5.74, 6) is -1.07. The molecule has 88 valence electrons. The molecule has 1 saturated heterocycles. The van der Waals surface area contributed by atoms with Gasteiger partial charge in [0.15, 0.2) is 0 Å². The van der Waals surface area contributed by atoms with Crippen molar-refractivity contribution in [3.8, 4) is 0 Å². The topological polar surface area (TPSA) is 85.5 Å². The van der Waals surface area contributed by atoms with Crippen molar-refractivity contribution in [2.45, 2.75) is 38.2 Å². The molecule has 1 atom stereocenters. The third-order valence-electron chi connectivity index (χ3n) is 2.61. The molecular formula is C10H14N2O4. The third-order valence-corrected chi connectivity index (χ3v) is 2.61. The molecule has 1 unspecified atom stereocenters. The van der Waals surface area contributed by atoms with Gasteiger partial charge in [-0.2, -0.15) is 4.98 Å². The molecule has 0 spiro atoms. The second-order valence-corrected chi connectivity index (χ2v) is 3.84. The van der Waals surface area contributed by atoms with Gasteiger partial charge in [-0.3, -0.25) is 0 Å². The molecule has 0 radical (unpaired) electrons. The highest BCUT2D eigenvalue weighted by molar-refractivity contribution is 5.82. The van der Waals surface area contributed by atoms with Gasteiger partial charge in [0.05, 0.1) is 6.10 Å². The number of carboxylic acid groups (broad SMARTS) is 1. The Morgan fingerprint density at radius 2 is 2.38 bits per heavy atom. The Morgan fingerprint density at radius 1 is 1.50 bits per heavy atom. The van der Waals surface area contributed by atoms with E-state index in [4.69, 9.17) is 14.4 Å². The second kappa shape index (κ2) is 5.07. The van der Waals surface area contributed by atoms with E-state index in [2.05, 4.69) is 10.1 Å². The molecule has 0 aromatic carbocycles. The van der Waals surface area contributed by atoms with Gasteiger partial charge in [0.25, 0.3) is 5.82 Å². The van der Waals surface area contributed by atoms with Crippen LogP contribution in [0.2, 0.25) is 0 Å². The summed E-state index contributed by atoms with van der Waals surface area (Å²) in [6, 6.07) is 0. The Hall–Kier alpha value is -1.43. The Bertz CT molecular complexity index is 357. The fourth-order valence-electron chi connectivity index (χ4n) is 1.76. The Morgan fingerprint density at radius 3 is 3.00 bits per heavy atom. The van der Waals surface area contributed by atoms with Crippen LogP contribution in [0.25, 0.3) is 0 Å². The van der Waals surface area contributed by atoms with E-state index in [1.165, 1.54) is 6.42 Å². The van der Waals surface area contributed by atoms with Crippen molar-refractivity contribution in [1.29, 1.82) is 0 Å². The molecule has 1 aromatic heterocycles. The lowest BCUT2D eigenvalue weighted by Crippen LogP contribution is -2.19. The van der Waals surface area contributed by atoms with Crippen molar-refractivity contribution < 1.29 is 19.2 Å². The fraction of sp³-hybridized carbons (Fsp3) is 0.700. The van der Waals surface area contributed by atoms with Gasteiger partial charge in [-0.1, -0.05) is 0 Å². The zero-order valence-corrected chi connectivity index (χ0v) is 8.89. The fourth-order valence-corrected chi connectivity index (χ4v) is 1.76. The molecule has 1 aliphatic heterocycles. The number of hydrogen-bond acceptors (Lipinski definition) is 5. The van der Waals surface area contributed by atoms with E-state index in [0.29, 0.717) is 12.3 Å². The van der Waals surface area contributed by atoms with Crippen molar-refractivity contribution in [2.75, 3.05) is 6.61 Å². The van der Waals surface area contributed by atoms with Crippen LogP contribution in [0.4, 0.5) is 0 Å². The lowest BCUT2D eigenvalue weighted by Gasteiger charge is -2.21. The molecular weight excluding hydrogens is 212 g/mol. The molecule has 0 saturated carbocycles. The number of carboxylic acids is 1. The number of ether oxygens (including phenoxy) is 1. The number of aryl methyl sites for hydroxylation is 1. The van der Waals surface area contributed by atoms with Gasteiger partial charge in [-0.05, 0) is 30.8 Å². The van der Waals surface area contributed by atoms with E-state index in [-0.39, 0.29) is 11.9 Å². The minimum absolute atomic E-state index is 0.244. The summed E-state index contributed by atoms with van der Waals surface area (Å²) in [4.78, 5) is 14.3. The lowest BCUT2D eigenvalue weighted by molar-refractivity contribution is 0.0104. The molecule has 0 aliphatic carbocycles. The SMILES string of the molecule is O=C(O)c1noc(CCC2CCCCO2)n1. The highest BCUT2D eigenvalue weighted by Crippen LogP contribution is 2.17. The first-order chi connectivity index (χ1) is 7.75. The van der Waals surface area contributed by atoms with Crippen LogP contribution in [0, 0.1) is 0 Å². The van der Waals surface area contributed by atoms with Gasteiger partial charge in [-0.25, -0.2) is 4.79 Å². The van der Waals surface area contributed by atoms with Crippen LogP contribution >= 0.6 is 0 Å². The van der Waals surface area contributed by atoms with Crippen LogP contribution in [-0.4, -0.2) is 33.9 Å². The van der Waals surface area contributed by atoms with Gasteiger partial charge < -0.3 is 14.4 Å². The van der Waals surface area contributed by atoms with Crippen molar-refractivity contribution in [3.63, 3.8) is 0 Å². The predicted octanol–water partition coefficient (Wildman–Crippen LogP) is 1.27. The molecule has 6 heteroatoms. The van der Waals surface area contributed by atoms with Gasteiger partial charge in [0, 0.05) is 13.0 Å². The van der Waals surface area contributed by atoms with Gasteiger partial charge in [0.2, 0.25) is 5.89 Å². The number of aromatic nitrogens is 2. The normalized spacial score (nSPS) is 20.9. The molecule has 0 amide bonds. The molecule has 2 heterocycles. The first-order valence-electron chi connectivity index (χ1n) is 5.43. The number of nitrogens with zero attached hydrogens (tertiary/aromatic N) is 2. The van der Waals surface area contributed by atoms with E-state index in [0.717, 1.165) is 25.9 Å². The van der Waals surface area contributed by atoms with Crippen LogP contribution in [0.15, 0.2) is 4.52 Å². The van der Waals surface area contributed by atoms with Crippen LogP contribution in [0.5, 0.6) is 0 Å². The average molecular weight is 226 g/mol. The highest BCUT2D eigenvalue weighted by Gasteiger charge is 2.17. The quantitative estimate of drug-likeness (QED) is 0.832. The maximum Gasteiger partial charge on any atom is 0.377 e.